The van der Waals surface area contributed by atoms with Gasteiger partial charge in [0.1, 0.15) is 17.3 Å². The molecular formula is C13H21NO2S. The van der Waals surface area contributed by atoms with Crippen LogP contribution in [-0.2, 0) is 9.53 Å². The average molecular weight is 255 g/mol. The van der Waals surface area contributed by atoms with Gasteiger partial charge < -0.3 is 4.74 Å². The first kappa shape index (κ1) is 14.4. The fourth-order valence-corrected chi connectivity index (χ4v) is 2.79. The topological polar surface area (TPSA) is 50.1 Å². The smallest absolute Gasteiger partial charge is 0.317 e. The number of hydrogen-bond acceptors (Lipinski definition) is 4. The van der Waals surface area contributed by atoms with Gasteiger partial charge in [0.25, 0.3) is 0 Å². The van der Waals surface area contributed by atoms with Gasteiger partial charge >= 0.3 is 5.97 Å². The van der Waals surface area contributed by atoms with E-state index in [9.17, 15) is 4.79 Å². The van der Waals surface area contributed by atoms with Gasteiger partial charge in [0, 0.05) is 0 Å². The van der Waals surface area contributed by atoms with Crippen LogP contribution in [0, 0.1) is 28.4 Å². The van der Waals surface area contributed by atoms with Gasteiger partial charge in [0.05, 0.1) is 0 Å². The van der Waals surface area contributed by atoms with Crippen LogP contribution >= 0.6 is 11.8 Å². The van der Waals surface area contributed by atoms with Crippen molar-refractivity contribution >= 4 is 17.7 Å². The van der Waals surface area contributed by atoms with Crippen molar-refractivity contribution in [2.45, 2.75) is 46.1 Å². The Morgan fingerprint density at radius 3 is 2.82 bits per heavy atom. The molecule has 1 aliphatic rings. The predicted molar refractivity (Wildman–Crippen MR) is 69.3 cm³/mol. The molecule has 1 rings (SSSR count). The summed E-state index contributed by atoms with van der Waals surface area (Å²) >= 11 is 0.946. The highest BCUT2D eigenvalue weighted by molar-refractivity contribution is 8.04. The van der Waals surface area contributed by atoms with Crippen LogP contribution in [0.15, 0.2) is 0 Å². The SMILES string of the molecule is CC(C)[C@@H]1CC[C@@H](C)C[C@@H]1OC(=O)CSC#N. The van der Waals surface area contributed by atoms with Crippen LogP contribution in [0.5, 0.6) is 0 Å². The molecule has 0 spiro atoms. The van der Waals surface area contributed by atoms with Crippen molar-refractivity contribution < 1.29 is 9.53 Å². The van der Waals surface area contributed by atoms with Gasteiger partial charge in [0.2, 0.25) is 0 Å². The van der Waals surface area contributed by atoms with E-state index in [0.717, 1.165) is 24.6 Å². The van der Waals surface area contributed by atoms with E-state index in [1.165, 1.54) is 6.42 Å². The zero-order valence-corrected chi connectivity index (χ0v) is 11.6. The third-order valence-corrected chi connectivity index (χ3v) is 4.01. The minimum Gasteiger partial charge on any atom is -0.461 e. The van der Waals surface area contributed by atoms with Crippen molar-refractivity contribution in [3.63, 3.8) is 0 Å². The van der Waals surface area contributed by atoms with E-state index < -0.39 is 0 Å². The molecule has 1 aliphatic carbocycles. The highest BCUT2D eigenvalue weighted by Crippen LogP contribution is 2.35. The summed E-state index contributed by atoms with van der Waals surface area (Å²) < 4.78 is 5.53. The number of rotatable bonds is 4. The molecule has 0 aromatic rings. The van der Waals surface area contributed by atoms with Gasteiger partial charge in [0.15, 0.2) is 0 Å². The molecule has 4 heteroatoms. The maximum atomic E-state index is 11.6. The number of nitriles is 1. The van der Waals surface area contributed by atoms with E-state index in [-0.39, 0.29) is 17.8 Å². The van der Waals surface area contributed by atoms with Crippen molar-refractivity contribution in [2.24, 2.45) is 17.8 Å². The standard InChI is InChI=1S/C13H21NO2S/c1-9(2)11-5-4-10(3)6-12(11)16-13(15)7-17-8-14/h9-12H,4-7H2,1-3H3/t10-,11+,12+/m1/s1. The highest BCUT2D eigenvalue weighted by Gasteiger charge is 2.33. The van der Waals surface area contributed by atoms with Crippen molar-refractivity contribution in [1.29, 1.82) is 5.26 Å². The monoisotopic (exact) mass is 255 g/mol. The number of carbonyl (C=O) groups is 1. The summed E-state index contributed by atoms with van der Waals surface area (Å²) in [5.41, 5.74) is 0. The first-order chi connectivity index (χ1) is 8.04. The Labute approximate surface area is 108 Å². The molecule has 0 bridgehead atoms. The number of esters is 1. The number of ether oxygens (including phenoxy) is 1. The maximum absolute atomic E-state index is 11.6. The van der Waals surface area contributed by atoms with E-state index in [0.29, 0.717) is 17.8 Å². The lowest BCUT2D eigenvalue weighted by Crippen LogP contribution is -2.36. The van der Waals surface area contributed by atoms with Gasteiger partial charge in [-0.3, -0.25) is 4.79 Å². The van der Waals surface area contributed by atoms with Crippen LogP contribution in [0.4, 0.5) is 0 Å². The lowest BCUT2D eigenvalue weighted by atomic mass is 9.75. The van der Waals surface area contributed by atoms with Crippen LogP contribution in [0.3, 0.4) is 0 Å². The largest absolute Gasteiger partial charge is 0.461 e. The fourth-order valence-electron chi connectivity index (χ4n) is 2.54. The Kier molecular flexibility index (Phi) is 5.84. The highest BCUT2D eigenvalue weighted by atomic mass is 32.2. The lowest BCUT2D eigenvalue weighted by molar-refractivity contribution is -0.152. The van der Waals surface area contributed by atoms with E-state index in [2.05, 4.69) is 20.8 Å². The number of hydrogen-bond donors (Lipinski definition) is 0. The molecule has 3 atom stereocenters. The number of carbonyl (C=O) groups excluding carboxylic acids is 1. The normalized spacial score (nSPS) is 28.8. The van der Waals surface area contributed by atoms with Crippen LogP contribution in [0.1, 0.15) is 40.0 Å². The van der Waals surface area contributed by atoms with E-state index >= 15 is 0 Å². The predicted octanol–water partition coefficient (Wildman–Crippen LogP) is 3.20. The summed E-state index contributed by atoms with van der Waals surface area (Å²) in [5, 5.41) is 10.3. The molecule has 96 valence electrons. The Morgan fingerprint density at radius 2 is 2.24 bits per heavy atom. The summed E-state index contributed by atoms with van der Waals surface area (Å²) in [6.45, 7) is 6.58. The Morgan fingerprint density at radius 1 is 1.53 bits per heavy atom. The quantitative estimate of drug-likeness (QED) is 0.572. The van der Waals surface area contributed by atoms with Crippen LogP contribution in [-0.4, -0.2) is 17.8 Å². The van der Waals surface area contributed by atoms with Crippen LogP contribution in [0.25, 0.3) is 0 Å². The molecule has 0 N–H and O–H groups in total. The summed E-state index contributed by atoms with van der Waals surface area (Å²) in [6.07, 6.45) is 3.38. The van der Waals surface area contributed by atoms with Crippen LogP contribution < -0.4 is 0 Å². The van der Waals surface area contributed by atoms with E-state index in [1.54, 1.807) is 0 Å². The molecule has 1 fully saturated rings. The summed E-state index contributed by atoms with van der Waals surface area (Å²) in [4.78, 5) is 11.6. The van der Waals surface area contributed by atoms with Crippen molar-refractivity contribution in [3.05, 3.63) is 0 Å². The molecule has 0 aliphatic heterocycles. The summed E-state index contributed by atoms with van der Waals surface area (Å²) in [6, 6.07) is 0. The molecule has 0 aromatic carbocycles. The summed E-state index contributed by atoms with van der Waals surface area (Å²) in [5.74, 6) is 1.55. The van der Waals surface area contributed by atoms with Crippen molar-refractivity contribution in [3.8, 4) is 5.40 Å². The van der Waals surface area contributed by atoms with Gasteiger partial charge in [-0.2, -0.15) is 5.26 Å². The average Bonchev–Trinajstić information content (AvgIpc) is 2.26. The van der Waals surface area contributed by atoms with Gasteiger partial charge in [-0.25, -0.2) is 0 Å². The number of nitrogens with zero attached hydrogens (tertiary/aromatic N) is 1. The Bertz CT molecular complexity index is 298. The van der Waals surface area contributed by atoms with Crippen molar-refractivity contribution in [1.82, 2.24) is 0 Å². The molecule has 0 aromatic heterocycles. The van der Waals surface area contributed by atoms with Gasteiger partial charge in [-0.05, 0) is 42.4 Å². The maximum Gasteiger partial charge on any atom is 0.317 e. The first-order valence-corrected chi connectivity index (χ1v) is 7.23. The second kappa shape index (κ2) is 6.90. The van der Waals surface area contributed by atoms with E-state index in [1.807, 2.05) is 5.40 Å². The fraction of sp³-hybridized carbons (Fsp3) is 0.846. The van der Waals surface area contributed by atoms with E-state index in [4.69, 9.17) is 10.00 Å². The zero-order chi connectivity index (χ0) is 12.8. The second-order valence-corrected chi connectivity index (χ2v) is 5.99. The Balaban J connectivity index is 2.52. The molecular weight excluding hydrogens is 234 g/mol. The molecule has 17 heavy (non-hydrogen) atoms. The zero-order valence-electron chi connectivity index (χ0n) is 10.8. The molecule has 0 amide bonds. The van der Waals surface area contributed by atoms with Gasteiger partial charge in [-0.15, -0.1) is 0 Å². The summed E-state index contributed by atoms with van der Waals surface area (Å²) in [7, 11) is 0. The number of thiocyanates is 1. The third-order valence-electron chi connectivity index (χ3n) is 3.50. The molecule has 3 nitrogen and oxygen atoms in total. The molecule has 0 unspecified atom stereocenters. The molecule has 0 heterocycles. The third kappa shape index (κ3) is 4.59. The van der Waals surface area contributed by atoms with Crippen molar-refractivity contribution in [2.75, 3.05) is 5.75 Å². The van der Waals surface area contributed by atoms with Gasteiger partial charge in [-0.1, -0.05) is 27.2 Å². The molecule has 1 saturated carbocycles. The van der Waals surface area contributed by atoms with Crippen LogP contribution in [0.2, 0.25) is 0 Å². The molecule has 0 radical (unpaired) electrons. The minimum atomic E-state index is -0.249. The first-order valence-electron chi connectivity index (χ1n) is 6.25. The Hall–Kier alpha value is -0.690. The molecule has 0 saturated heterocycles. The lowest BCUT2D eigenvalue weighted by Gasteiger charge is -2.36. The second-order valence-electron chi connectivity index (χ2n) is 5.23. The minimum absolute atomic E-state index is 0.0468. The number of thioether (sulfide) groups is 1.